The zero-order valence-corrected chi connectivity index (χ0v) is 9.70. The summed E-state index contributed by atoms with van der Waals surface area (Å²) < 4.78 is 10.6. The summed E-state index contributed by atoms with van der Waals surface area (Å²) in [6.07, 6.45) is 6.76. The molecule has 88 valence electrons. The van der Waals surface area contributed by atoms with E-state index in [0.717, 1.165) is 31.6 Å². The normalized spacial score (nSPS) is 20.2. The molecule has 1 saturated heterocycles. The van der Waals surface area contributed by atoms with E-state index in [1.807, 2.05) is 6.92 Å². The van der Waals surface area contributed by atoms with E-state index < -0.39 is 0 Å². The third kappa shape index (κ3) is 2.95. The first-order valence-electron chi connectivity index (χ1n) is 5.95. The van der Waals surface area contributed by atoms with Crippen LogP contribution in [-0.4, -0.2) is 18.5 Å². The highest BCUT2D eigenvalue weighted by molar-refractivity contribution is 5.95. The van der Waals surface area contributed by atoms with Crippen LogP contribution in [0.2, 0.25) is 0 Å². The van der Waals surface area contributed by atoms with Crippen LogP contribution in [-0.2, 0) is 4.74 Å². The van der Waals surface area contributed by atoms with Crippen molar-refractivity contribution in [3.05, 3.63) is 23.7 Å². The molecule has 3 heteroatoms. The summed E-state index contributed by atoms with van der Waals surface area (Å²) in [4.78, 5) is 11.7. The number of ether oxygens (including phenoxy) is 1. The summed E-state index contributed by atoms with van der Waals surface area (Å²) in [7, 11) is 0. The molecule has 1 aromatic rings. The van der Waals surface area contributed by atoms with Gasteiger partial charge >= 0.3 is 0 Å². The lowest BCUT2D eigenvalue weighted by Gasteiger charge is -2.07. The number of ketones is 1. The first kappa shape index (κ1) is 11.4. The van der Waals surface area contributed by atoms with Crippen LogP contribution in [0.15, 0.2) is 16.7 Å². The molecule has 1 atom stereocenters. The zero-order valence-electron chi connectivity index (χ0n) is 9.70. The lowest BCUT2D eigenvalue weighted by molar-refractivity contribution is 0.0922. The monoisotopic (exact) mass is 222 g/mol. The summed E-state index contributed by atoms with van der Waals surface area (Å²) in [6, 6.07) is 1.80. The summed E-state index contributed by atoms with van der Waals surface area (Å²) in [5, 5.41) is 0. The molecule has 1 unspecified atom stereocenters. The Morgan fingerprint density at radius 2 is 2.44 bits per heavy atom. The lowest BCUT2D eigenvalue weighted by atomic mass is 10.0. The van der Waals surface area contributed by atoms with Crippen molar-refractivity contribution >= 4 is 5.78 Å². The Bertz CT molecular complexity index is 348. The van der Waals surface area contributed by atoms with Gasteiger partial charge in [0.2, 0.25) is 0 Å². The maximum atomic E-state index is 11.7. The van der Waals surface area contributed by atoms with Crippen molar-refractivity contribution in [1.29, 1.82) is 0 Å². The van der Waals surface area contributed by atoms with Crippen LogP contribution in [0, 0.1) is 6.92 Å². The van der Waals surface area contributed by atoms with Gasteiger partial charge < -0.3 is 9.15 Å². The lowest BCUT2D eigenvalue weighted by Crippen LogP contribution is -2.06. The SMILES string of the molecule is Cc1cc(C(=O)CCCC2CCCO2)co1. The number of rotatable bonds is 5. The Morgan fingerprint density at radius 3 is 3.06 bits per heavy atom. The van der Waals surface area contributed by atoms with Crippen LogP contribution in [0.1, 0.15) is 48.2 Å². The molecule has 0 spiro atoms. The van der Waals surface area contributed by atoms with E-state index in [1.165, 1.54) is 6.42 Å². The maximum Gasteiger partial charge on any atom is 0.166 e. The number of furan rings is 1. The largest absolute Gasteiger partial charge is 0.469 e. The van der Waals surface area contributed by atoms with Gasteiger partial charge in [0.1, 0.15) is 12.0 Å². The van der Waals surface area contributed by atoms with Crippen molar-refractivity contribution in [2.24, 2.45) is 0 Å². The molecule has 1 aromatic heterocycles. The Kier molecular flexibility index (Phi) is 3.78. The van der Waals surface area contributed by atoms with Crippen molar-refractivity contribution in [2.75, 3.05) is 6.61 Å². The highest BCUT2D eigenvalue weighted by Crippen LogP contribution is 2.18. The van der Waals surface area contributed by atoms with Gasteiger partial charge in [-0.3, -0.25) is 4.79 Å². The molecule has 16 heavy (non-hydrogen) atoms. The van der Waals surface area contributed by atoms with Crippen molar-refractivity contribution < 1.29 is 13.9 Å². The number of carbonyl (C=O) groups is 1. The van der Waals surface area contributed by atoms with E-state index in [-0.39, 0.29) is 5.78 Å². The number of hydrogen-bond acceptors (Lipinski definition) is 3. The maximum absolute atomic E-state index is 11.7. The van der Waals surface area contributed by atoms with Crippen LogP contribution in [0.4, 0.5) is 0 Å². The fraction of sp³-hybridized carbons (Fsp3) is 0.615. The van der Waals surface area contributed by atoms with E-state index in [9.17, 15) is 4.79 Å². The van der Waals surface area contributed by atoms with Crippen LogP contribution < -0.4 is 0 Å². The molecule has 0 bridgehead atoms. The highest BCUT2D eigenvalue weighted by atomic mass is 16.5. The van der Waals surface area contributed by atoms with Gasteiger partial charge in [0.15, 0.2) is 5.78 Å². The minimum Gasteiger partial charge on any atom is -0.469 e. The highest BCUT2D eigenvalue weighted by Gasteiger charge is 2.16. The van der Waals surface area contributed by atoms with Gasteiger partial charge in [-0.25, -0.2) is 0 Å². The van der Waals surface area contributed by atoms with E-state index in [0.29, 0.717) is 18.1 Å². The van der Waals surface area contributed by atoms with Crippen LogP contribution in [0.5, 0.6) is 0 Å². The van der Waals surface area contributed by atoms with Crippen molar-refractivity contribution in [3.8, 4) is 0 Å². The summed E-state index contributed by atoms with van der Waals surface area (Å²) >= 11 is 0. The summed E-state index contributed by atoms with van der Waals surface area (Å²) in [6.45, 7) is 2.74. The van der Waals surface area contributed by atoms with Gasteiger partial charge in [0.05, 0.1) is 11.7 Å². The molecule has 3 nitrogen and oxygen atoms in total. The van der Waals surface area contributed by atoms with Gasteiger partial charge in [0, 0.05) is 13.0 Å². The summed E-state index contributed by atoms with van der Waals surface area (Å²) in [5.41, 5.74) is 0.699. The van der Waals surface area contributed by atoms with Crippen LogP contribution in [0.3, 0.4) is 0 Å². The fourth-order valence-corrected chi connectivity index (χ4v) is 2.10. The van der Waals surface area contributed by atoms with E-state index in [2.05, 4.69) is 0 Å². The van der Waals surface area contributed by atoms with Crippen molar-refractivity contribution in [3.63, 3.8) is 0 Å². The number of aryl methyl sites for hydroxylation is 1. The van der Waals surface area contributed by atoms with Crippen LogP contribution in [0.25, 0.3) is 0 Å². The molecule has 2 heterocycles. The van der Waals surface area contributed by atoms with E-state index >= 15 is 0 Å². The van der Waals surface area contributed by atoms with Crippen molar-refractivity contribution in [1.82, 2.24) is 0 Å². The Balaban J connectivity index is 1.71. The zero-order chi connectivity index (χ0) is 11.4. The topological polar surface area (TPSA) is 39.4 Å². The Labute approximate surface area is 95.8 Å². The van der Waals surface area contributed by atoms with Crippen LogP contribution >= 0.6 is 0 Å². The Hall–Kier alpha value is -1.09. The molecule has 0 aromatic carbocycles. The molecule has 0 amide bonds. The Morgan fingerprint density at radius 1 is 1.56 bits per heavy atom. The second kappa shape index (κ2) is 5.30. The minimum atomic E-state index is 0.176. The smallest absolute Gasteiger partial charge is 0.166 e. The quantitative estimate of drug-likeness (QED) is 0.718. The van der Waals surface area contributed by atoms with E-state index in [4.69, 9.17) is 9.15 Å². The molecule has 1 aliphatic heterocycles. The molecule has 0 radical (unpaired) electrons. The number of carbonyl (C=O) groups excluding carboxylic acids is 1. The molecule has 2 rings (SSSR count). The molecule has 0 N–H and O–H groups in total. The number of hydrogen-bond donors (Lipinski definition) is 0. The van der Waals surface area contributed by atoms with E-state index in [1.54, 1.807) is 12.3 Å². The molecule has 1 aliphatic rings. The molecule has 0 aliphatic carbocycles. The number of Topliss-reactive ketones (excluding diaryl/α,β-unsaturated/α-hetero) is 1. The predicted molar refractivity (Wildman–Crippen MR) is 60.6 cm³/mol. The fourth-order valence-electron chi connectivity index (χ4n) is 2.10. The first-order chi connectivity index (χ1) is 7.75. The molecular weight excluding hydrogens is 204 g/mol. The van der Waals surface area contributed by atoms with Gasteiger partial charge in [-0.1, -0.05) is 0 Å². The second-order valence-corrected chi connectivity index (χ2v) is 4.40. The van der Waals surface area contributed by atoms with Crippen molar-refractivity contribution in [2.45, 2.75) is 45.1 Å². The summed E-state index contributed by atoms with van der Waals surface area (Å²) in [5.74, 6) is 0.970. The second-order valence-electron chi connectivity index (χ2n) is 4.40. The predicted octanol–water partition coefficient (Wildman–Crippen LogP) is 3.12. The third-order valence-electron chi connectivity index (χ3n) is 3.01. The molecule has 0 saturated carbocycles. The van der Waals surface area contributed by atoms with Gasteiger partial charge in [0.25, 0.3) is 0 Å². The van der Waals surface area contributed by atoms with Gasteiger partial charge in [-0.05, 0) is 38.7 Å². The van der Waals surface area contributed by atoms with Gasteiger partial charge in [-0.2, -0.15) is 0 Å². The average Bonchev–Trinajstić information content (AvgIpc) is 2.89. The third-order valence-corrected chi connectivity index (χ3v) is 3.01. The molecular formula is C13H18O3. The molecule has 1 fully saturated rings. The standard InChI is InChI=1S/C13H18O3/c1-10-8-11(9-16-10)13(14)6-2-4-12-5-3-7-15-12/h8-9,12H,2-7H2,1H3. The van der Waals surface area contributed by atoms with Gasteiger partial charge in [-0.15, -0.1) is 0 Å². The minimum absolute atomic E-state index is 0.176. The first-order valence-corrected chi connectivity index (χ1v) is 5.95. The average molecular weight is 222 g/mol.